The molecule has 0 radical (unpaired) electrons. The van der Waals surface area contributed by atoms with E-state index in [9.17, 15) is 40.7 Å². The van der Waals surface area contributed by atoms with Gasteiger partial charge in [-0.1, -0.05) is 119 Å². The molecule has 0 unspecified atom stereocenters. The van der Waals surface area contributed by atoms with Gasteiger partial charge in [-0.05, 0) is 69.4 Å². The zero-order chi connectivity index (χ0) is 49.3. The summed E-state index contributed by atoms with van der Waals surface area (Å²) < 4.78 is 27.1. The minimum atomic E-state index is -2.70. The van der Waals surface area contributed by atoms with Gasteiger partial charge in [0.15, 0.2) is 0 Å². The second-order valence-electron chi connectivity index (χ2n) is 19.1. The van der Waals surface area contributed by atoms with Gasteiger partial charge in [0.2, 0.25) is 16.6 Å². The van der Waals surface area contributed by atoms with Crippen molar-refractivity contribution < 1.29 is 48.6 Å². The minimum absolute atomic E-state index is 0.0768. The van der Waals surface area contributed by atoms with Crippen LogP contribution in [0.2, 0.25) is 33.2 Å². The van der Waals surface area contributed by atoms with Crippen molar-refractivity contribution in [1.29, 1.82) is 0 Å². The van der Waals surface area contributed by atoms with E-state index in [1.54, 1.807) is 0 Å². The Labute approximate surface area is 392 Å². The molecule has 2 aliphatic heterocycles. The Balaban J connectivity index is 1.78. The molecule has 2 aromatic rings. The van der Waals surface area contributed by atoms with Crippen LogP contribution in [0.1, 0.15) is 94.2 Å². The lowest BCUT2D eigenvalue weighted by Crippen LogP contribution is -2.61. The lowest BCUT2D eigenvalue weighted by atomic mass is 9.86. The third-order valence-electron chi connectivity index (χ3n) is 13.3. The highest BCUT2D eigenvalue weighted by molar-refractivity contribution is 6.78. The summed E-state index contributed by atoms with van der Waals surface area (Å²) in [5.41, 5.74) is 1.61. The van der Waals surface area contributed by atoms with Gasteiger partial charge in [0.25, 0.3) is 11.4 Å². The van der Waals surface area contributed by atoms with Crippen LogP contribution in [0.25, 0.3) is 0 Å². The number of aliphatic hydroxyl groups is 4. The zero-order valence-electron chi connectivity index (χ0n) is 40.2. The van der Waals surface area contributed by atoms with Crippen molar-refractivity contribution in [2.24, 2.45) is 11.8 Å². The molecule has 0 spiro atoms. The molecule has 0 aromatic heterocycles. The summed E-state index contributed by atoms with van der Waals surface area (Å²) in [4.78, 5) is 21.5. The maximum atomic E-state index is 12.2. The number of benzene rings is 2. The minimum Gasteiger partial charge on any atom is -0.407 e. The predicted molar refractivity (Wildman–Crippen MR) is 258 cm³/mol. The first-order valence-corrected chi connectivity index (χ1v) is 27.1. The largest absolute Gasteiger partial charge is 0.407 e. The molecule has 14 nitrogen and oxygen atoms in total. The van der Waals surface area contributed by atoms with Gasteiger partial charge in [0.1, 0.15) is 24.4 Å². The normalized spacial score (nSPS) is 25.7. The molecule has 358 valence electrons. The summed E-state index contributed by atoms with van der Waals surface area (Å²) in [6.07, 6.45) is -8.55. The quantitative estimate of drug-likeness (QED) is 0.0629. The fourth-order valence-electron chi connectivity index (χ4n) is 10.2. The van der Waals surface area contributed by atoms with Crippen LogP contribution in [0.15, 0.2) is 48.5 Å². The van der Waals surface area contributed by atoms with Crippen LogP contribution in [0, 0.1) is 79.4 Å². The number of nitrogens with zero attached hydrogens (tertiary/aromatic N) is 2. The molecular formula is C50H68N2O12Si2. The van der Waals surface area contributed by atoms with Gasteiger partial charge in [-0.25, -0.2) is 0 Å². The van der Waals surface area contributed by atoms with Gasteiger partial charge >= 0.3 is 0 Å². The van der Waals surface area contributed by atoms with E-state index in [4.69, 9.17) is 18.3 Å². The molecular weight excluding hydrogens is 877 g/mol. The van der Waals surface area contributed by atoms with Crippen LogP contribution in [-0.2, 0) is 18.3 Å². The Kier molecular flexibility index (Phi) is 19.3. The molecule has 10 atom stereocenters. The Morgan fingerprint density at radius 2 is 0.864 bits per heavy atom. The van der Waals surface area contributed by atoms with Crippen LogP contribution in [0.4, 0.5) is 11.4 Å². The van der Waals surface area contributed by atoms with E-state index in [0.29, 0.717) is 11.1 Å². The maximum absolute atomic E-state index is 12.2. The lowest BCUT2D eigenvalue weighted by Gasteiger charge is -2.49. The van der Waals surface area contributed by atoms with Gasteiger partial charge in [0.05, 0.1) is 59.3 Å². The summed E-state index contributed by atoms with van der Waals surface area (Å²) in [6, 6.07) is 11.5. The van der Waals surface area contributed by atoms with Crippen LogP contribution in [0.5, 0.6) is 0 Å². The van der Waals surface area contributed by atoms with Crippen LogP contribution in [-0.4, -0.2) is 109 Å². The van der Waals surface area contributed by atoms with Crippen LogP contribution < -0.4 is 0 Å². The van der Waals surface area contributed by atoms with Gasteiger partial charge in [0, 0.05) is 35.4 Å². The van der Waals surface area contributed by atoms with Crippen molar-refractivity contribution in [3.63, 3.8) is 0 Å². The van der Waals surface area contributed by atoms with E-state index < -0.39 is 100 Å². The summed E-state index contributed by atoms with van der Waals surface area (Å²) in [5, 5.41) is 68.1. The molecule has 4 rings (SSSR count). The number of ether oxygens (including phenoxy) is 2. The topological polar surface area (TPSA) is 204 Å². The molecule has 2 saturated heterocycles. The first-order valence-electron chi connectivity index (χ1n) is 22.8. The van der Waals surface area contributed by atoms with Crippen molar-refractivity contribution >= 4 is 28.0 Å². The molecule has 2 fully saturated rings. The van der Waals surface area contributed by atoms with E-state index in [1.807, 2.05) is 0 Å². The number of nitro groups is 2. The molecule has 16 heteroatoms. The monoisotopic (exact) mass is 944 g/mol. The van der Waals surface area contributed by atoms with Crippen molar-refractivity contribution in [1.82, 2.24) is 0 Å². The number of rotatable bonds is 14. The van der Waals surface area contributed by atoms with Crippen molar-refractivity contribution in [3.8, 4) is 47.4 Å². The average molecular weight is 945 g/mol. The highest BCUT2D eigenvalue weighted by Gasteiger charge is 2.54. The number of aliphatic hydroxyl groups excluding tert-OH is 4. The Hall–Kier alpha value is -4.41. The molecule has 0 amide bonds. The first kappa shape index (κ1) is 54.2. The van der Waals surface area contributed by atoms with Gasteiger partial charge in [-0.3, -0.25) is 20.2 Å². The zero-order valence-corrected chi connectivity index (χ0v) is 42.2. The number of nitro benzene ring substituents is 2. The summed E-state index contributed by atoms with van der Waals surface area (Å²) in [6.45, 7) is 24.4. The van der Waals surface area contributed by atoms with Crippen molar-refractivity contribution in [3.05, 3.63) is 79.9 Å². The number of hydrogen-bond acceptors (Lipinski definition) is 12. The van der Waals surface area contributed by atoms with Crippen molar-refractivity contribution in [2.75, 3.05) is 13.2 Å². The number of hydrogen-bond donors (Lipinski definition) is 4. The first-order chi connectivity index (χ1) is 31.1. The molecule has 0 bridgehead atoms. The fourth-order valence-corrected chi connectivity index (χ4v) is 21.3. The molecule has 4 N–H and O–H groups in total. The van der Waals surface area contributed by atoms with Crippen LogP contribution >= 0.6 is 0 Å². The Bertz CT molecular complexity index is 2180. The SMILES string of the molecule is CC(C)[Si](O[C@@H]1[C@@H](O)[C@H](C#Cc2ccc([N+](=O)[O-])cc2)[C@@H](CO)O[C@H]1C#CC#C[C@H]1[C@H](O)[C@@H](O[Si](C(C)C)(C(C)C)C(C)C)[C@H](C#Cc2ccc([N+](=O)[O-])cc2)O[C@@H]1CO)(C(C)C)C(C)C. The molecule has 66 heavy (non-hydrogen) atoms. The van der Waals surface area contributed by atoms with E-state index in [2.05, 4.69) is 130 Å². The summed E-state index contributed by atoms with van der Waals surface area (Å²) >= 11 is 0. The second-order valence-corrected chi connectivity index (χ2v) is 29.9. The molecule has 2 heterocycles. The van der Waals surface area contributed by atoms with Gasteiger partial charge < -0.3 is 38.8 Å². The summed E-state index contributed by atoms with van der Waals surface area (Å²) in [5.74, 6) is 22.1. The third-order valence-corrected chi connectivity index (χ3v) is 25.5. The fraction of sp³-hybridized carbons (Fsp3) is 0.600. The van der Waals surface area contributed by atoms with Gasteiger partial charge in [-0.15, -0.1) is 0 Å². The van der Waals surface area contributed by atoms with Crippen LogP contribution in [0.3, 0.4) is 0 Å². The second kappa shape index (κ2) is 23.5. The van der Waals surface area contributed by atoms with E-state index in [0.717, 1.165) is 0 Å². The standard InChI is InChI=1S/C50H68N2O12Si2/c1-31(2)65(32(3)4,33(5)6)63-49-43(61-46(30-54)42(48(49)56)27-21-37-17-23-39(24-18-37)51(57)58)16-14-13-15-41-45(29-53)62-44(28-22-38-19-25-40(26-20-38)52(59)60)50(47(41)55)64-66(34(7)8,35(9)10)36(11)12/h17-20,23-26,31-36,41-50,53-56H,29-30H2,1-12H3/t41-,42-,43+,44+,45-,46-,47+,48+,49+,50+/m1/s1. The van der Waals surface area contributed by atoms with E-state index in [-0.39, 0.29) is 44.6 Å². The highest BCUT2D eigenvalue weighted by Crippen LogP contribution is 2.46. The average Bonchev–Trinajstić information content (AvgIpc) is 3.25. The van der Waals surface area contributed by atoms with E-state index in [1.165, 1.54) is 48.5 Å². The molecule has 2 aromatic carbocycles. The number of non-ortho nitro benzene ring substituents is 2. The van der Waals surface area contributed by atoms with E-state index >= 15 is 0 Å². The summed E-state index contributed by atoms with van der Waals surface area (Å²) in [7, 11) is -5.38. The Morgan fingerprint density at radius 1 is 0.545 bits per heavy atom. The maximum Gasteiger partial charge on any atom is 0.269 e. The molecule has 2 aliphatic rings. The Morgan fingerprint density at radius 3 is 1.20 bits per heavy atom. The molecule has 0 saturated carbocycles. The predicted octanol–water partition coefficient (Wildman–Crippen LogP) is 7.51. The third kappa shape index (κ3) is 12.0. The van der Waals surface area contributed by atoms with Crippen molar-refractivity contribution in [2.45, 2.75) is 165 Å². The lowest BCUT2D eigenvalue weighted by molar-refractivity contribution is -0.385. The smallest absolute Gasteiger partial charge is 0.269 e. The molecule has 0 aliphatic carbocycles. The highest BCUT2D eigenvalue weighted by atomic mass is 28.4. The van der Waals surface area contributed by atoms with Gasteiger partial charge in [-0.2, -0.15) is 0 Å².